The van der Waals surface area contributed by atoms with Crippen LogP contribution in [0.2, 0.25) is 0 Å². The Bertz CT molecular complexity index is 414. The van der Waals surface area contributed by atoms with E-state index in [4.69, 9.17) is 0 Å². The molecule has 0 saturated heterocycles. The quantitative estimate of drug-likeness (QED) is 0.812. The Morgan fingerprint density at radius 3 is 2.35 bits per heavy atom. The molecule has 0 radical (unpaired) electrons. The fraction of sp³-hybridized carbons (Fsp3) is 0.538. The van der Waals surface area contributed by atoms with Gasteiger partial charge in [-0.05, 0) is 31.5 Å². The highest BCUT2D eigenvalue weighted by atomic mass is 32.2. The van der Waals surface area contributed by atoms with Crippen molar-refractivity contribution >= 4 is 9.84 Å². The SMILES string of the molecule is CCCNC(CC)CS(=O)(=O)c1ccccc1. The molecular formula is C13H21NO2S. The van der Waals surface area contributed by atoms with Crippen molar-refractivity contribution in [2.75, 3.05) is 12.3 Å². The highest BCUT2D eigenvalue weighted by molar-refractivity contribution is 7.91. The predicted octanol–water partition coefficient (Wildman–Crippen LogP) is 2.24. The van der Waals surface area contributed by atoms with Gasteiger partial charge in [-0.3, -0.25) is 0 Å². The van der Waals surface area contributed by atoms with Gasteiger partial charge in [-0.15, -0.1) is 0 Å². The molecule has 0 aromatic heterocycles. The lowest BCUT2D eigenvalue weighted by molar-refractivity contribution is 0.519. The second kappa shape index (κ2) is 6.77. The summed E-state index contributed by atoms with van der Waals surface area (Å²) in [6, 6.07) is 8.69. The Morgan fingerprint density at radius 2 is 1.82 bits per heavy atom. The summed E-state index contributed by atoms with van der Waals surface area (Å²) >= 11 is 0. The van der Waals surface area contributed by atoms with Crippen molar-refractivity contribution in [3.63, 3.8) is 0 Å². The van der Waals surface area contributed by atoms with Crippen LogP contribution in [0, 0.1) is 0 Å². The van der Waals surface area contributed by atoms with E-state index in [0.717, 1.165) is 19.4 Å². The van der Waals surface area contributed by atoms with E-state index in [2.05, 4.69) is 12.2 Å². The fourth-order valence-electron chi connectivity index (χ4n) is 1.66. The Balaban J connectivity index is 2.72. The Labute approximate surface area is 104 Å². The number of nitrogens with one attached hydrogen (secondary N) is 1. The molecule has 0 heterocycles. The predicted molar refractivity (Wildman–Crippen MR) is 70.9 cm³/mol. The van der Waals surface area contributed by atoms with Gasteiger partial charge in [0, 0.05) is 6.04 Å². The van der Waals surface area contributed by atoms with Crippen molar-refractivity contribution in [1.29, 1.82) is 0 Å². The average molecular weight is 255 g/mol. The minimum Gasteiger partial charge on any atom is -0.313 e. The van der Waals surface area contributed by atoms with Gasteiger partial charge in [0.15, 0.2) is 9.84 Å². The molecule has 0 saturated carbocycles. The first kappa shape index (κ1) is 14.2. The van der Waals surface area contributed by atoms with Crippen LogP contribution in [0.1, 0.15) is 26.7 Å². The molecule has 1 aromatic carbocycles. The summed E-state index contributed by atoms with van der Waals surface area (Å²) in [5.41, 5.74) is 0. The summed E-state index contributed by atoms with van der Waals surface area (Å²) in [4.78, 5) is 0.414. The second-order valence-electron chi connectivity index (χ2n) is 4.15. The van der Waals surface area contributed by atoms with E-state index in [1.165, 1.54) is 0 Å². The number of benzene rings is 1. The van der Waals surface area contributed by atoms with E-state index in [1.54, 1.807) is 24.3 Å². The molecule has 1 unspecified atom stereocenters. The third-order valence-electron chi connectivity index (χ3n) is 2.70. The van der Waals surface area contributed by atoms with Gasteiger partial charge >= 0.3 is 0 Å². The lowest BCUT2D eigenvalue weighted by Gasteiger charge is -2.16. The van der Waals surface area contributed by atoms with E-state index in [0.29, 0.717) is 4.90 Å². The van der Waals surface area contributed by atoms with Crippen molar-refractivity contribution in [3.05, 3.63) is 30.3 Å². The van der Waals surface area contributed by atoms with Crippen LogP contribution in [0.25, 0.3) is 0 Å². The van der Waals surface area contributed by atoms with Gasteiger partial charge in [-0.1, -0.05) is 32.0 Å². The number of rotatable bonds is 7. The topological polar surface area (TPSA) is 46.2 Å². The molecule has 1 N–H and O–H groups in total. The van der Waals surface area contributed by atoms with Crippen molar-refractivity contribution in [2.24, 2.45) is 0 Å². The monoisotopic (exact) mass is 255 g/mol. The Kier molecular flexibility index (Phi) is 5.65. The zero-order valence-corrected chi connectivity index (χ0v) is 11.3. The van der Waals surface area contributed by atoms with Gasteiger partial charge in [0.1, 0.15) is 0 Å². The molecule has 1 atom stereocenters. The van der Waals surface area contributed by atoms with Crippen LogP contribution >= 0.6 is 0 Å². The van der Waals surface area contributed by atoms with Gasteiger partial charge in [0.05, 0.1) is 10.6 Å². The van der Waals surface area contributed by atoms with Gasteiger partial charge in [-0.2, -0.15) is 0 Å². The first-order valence-corrected chi connectivity index (χ1v) is 7.76. The van der Waals surface area contributed by atoms with Gasteiger partial charge in [0.2, 0.25) is 0 Å². The van der Waals surface area contributed by atoms with Crippen LogP contribution < -0.4 is 5.32 Å². The summed E-state index contributed by atoms with van der Waals surface area (Å²) < 4.78 is 24.2. The molecular weight excluding hydrogens is 234 g/mol. The van der Waals surface area contributed by atoms with E-state index in [9.17, 15) is 8.42 Å². The molecule has 96 valence electrons. The van der Waals surface area contributed by atoms with E-state index in [1.807, 2.05) is 13.0 Å². The smallest absolute Gasteiger partial charge is 0.179 e. The molecule has 0 spiro atoms. The molecule has 0 fully saturated rings. The fourth-order valence-corrected chi connectivity index (χ4v) is 3.31. The van der Waals surface area contributed by atoms with Crippen molar-refractivity contribution in [3.8, 4) is 0 Å². The van der Waals surface area contributed by atoms with E-state index in [-0.39, 0.29) is 11.8 Å². The maximum atomic E-state index is 12.1. The van der Waals surface area contributed by atoms with Gasteiger partial charge < -0.3 is 5.32 Å². The van der Waals surface area contributed by atoms with Crippen LogP contribution in [0.3, 0.4) is 0 Å². The molecule has 1 aromatic rings. The summed E-state index contributed by atoms with van der Waals surface area (Å²) in [6.07, 6.45) is 1.84. The summed E-state index contributed by atoms with van der Waals surface area (Å²) in [6.45, 7) is 4.95. The molecule has 1 rings (SSSR count). The van der Waals surface area contributed by atoms with Crippen molar-refractivity contribution in [1.82, 2.24) is 5.32 Å². The first-order valence-electron chi connectivity index (χ1n) is 6.11. The first-order chi connectivity index (χ1) is 8.10. The van der Waals surface area contributed by atoms with Crippen LogP contribution in [-0.4, -0.2) is 26.8 Å². The van der Waals surface area contributed by atoms with Crippen LogP contribution in [0.15, 0.2) is 35.2 Å². The summed E-state index contributed by atoms with van der Waals surface area (Å²) in [7, 11) is -3.16. The maximum absolute atomic E-state index is 12.1. The maximum Gasteiger partial charge on any atom is 0.179 e. The molecule has 0 amide bonds. The zero-order chi connectivity index (χ0) is 12.7. The summed E-state index contributed by atoms with van der Waals surface area (Å²) in [5, 5.41) is 3.27. The lowest BCUT2D eigenvalue weighted by Crippen LogP contribution is -2.35. The molecule has 0 bridgehead atoms. The average Bonchev–Trinajstić information content (AvgIpc) is 2.35. The van der Waals surface area contributed by atoms with Crippen LogP contribution in [-0.2, 0) is 9.84 Å². The molecule has 17 heavy (non-hydrogen) atoms. The molecule has 0 aliphatic rings. The number of sulfone groups is 1. The molecule has 4 heteroatoms. The minimum absolute atomic E-state index is 0.0418. The lowest BCUT2D eigenvalue weighted by atomic mass is 10.2. The second-order valence-corrected chi connectivity index (χ2v) is 6.19. The molecule has 0 aliphatic carbocycles. The largest absolute Gasteiger partial charge is 0.313 e. The third kappa shape index (κ3) is 4.48. The number of hydrogen-bond donors (Lipinski definition) is 1. The Hall–Kier alpha value is -0.870. The van der Waals surface area contributed by atoms with Crippen LogP contribution in [0.5, 0.6) is 0 Å². The normalized spacial score (nSPS) is 13.5. The van der Waals surface area contributed by atoms with E-state index < -0.39 is 9.84 Å². The highest BCUT2D eigenvalue weighted by Gasteiger charge is 2.19. The highest BCUT2D eigenvalue weighted by Crippen LogP contribution is 2.12. The standard InChI is InChI=1S/C13H21NO2S/c1-3-10-14-12(4-2)11-17(15,16)13-8-6-5-7-9-13/h5-9,12,14H,3-4,10-11H2,1-2H3. The van der Waals surface area contributed by atoms with E-state index >= 15 is 0 Å². The van der Waals surface area contributed by atoms with Gasteiger partial charge in [-0.25, -0.2) is 8.42 Å². The summed E-state index contributed by atoms with van der Waals surface area (Å²) in [5.74, 6) is 0.174. The molecule has 0 aliphatic heterocycles. The molecule has 3 nitrogen and oxygen atoms in total. The zero-order valence-electron chi connectivity index (χ0n) is 10.5. The number of hydrogen-bond acceptors (Lipinski definition) is 3. The van der Waals surface area contributed by atoms with Gasteiger partial charge in [0.25, 0.3) is 0 Å². The third-order valence-corrected chi connectivity index (χ3v) is 4.53. The van der Waals surface area contributed by atoms with Crippen molar-refractivity contribution in [2.45, 2.75) is 37.6 Å². The van der Waals surface area contributed by atoms with Crippen LogP contribution in [0.4, 0.5) is 0 Å². The van der Waals surface area contributed by atoms with Crippen molar-refractivity contribution < 1.29 is 8.42 Å². The Morgan fingerprint density at radius 1 is 1.18 bits per heavy atom. The minimum atomic E-state index is -3.16.